The molecule has 0 rings (SSSR count). The Morgan fingerprint density at radius 3 is 1.40 bits per heavy atom. The van der Waals surface area contributed by atoms with Gasteiger partial charge in [0.25, 0.3) is 0 Å². The van der Waals surface area contributed by atoms with E-state index in [0.717, 1.165) is 0 Å². The van der Waals surface area contributed by atoms with Gasteiger partial charge in [0.1, 0.15) is 0 Å². The summed E-state index contributed by atoms with van der Waals surface area (Å²) in [5.41, 5.74) is 11.5. The first-order valence-electron chi connectivity index (χ1n) is 3.94. The Morgan fingerprint density at radius 2 is 1.40 bits per heavy atom. The van der Waals surface area contributed by atoms with Crippen molar-refractivity contribution in [2.75, 3.05) is 6.54 Å². The molecule has 0 aromatic heterocycles. The first-order chi connectivity index (χ1) is 4.45. The van der Waals surface area contributed by atoms with Gasteiger partial charge < -0.3 is 11.5 Å². The average Bonchev–Trinajstić information content (AvgIpc) is 1.85. The third-order valence-electron chi connectivity index (χ3n) is 2.50. The summed E-state index contributed by atoms with van der Waals surface area (Å²) in [6.07, 6.45) is 0. The van der Waals surface area contributed by atoms with Gasteiger partial charge >= 0.3 is 0 Å². The Labute approximate surface area is 64.0 Å². The number of hydrogen-bond donors (Lipinski definition) is 2. The molecular weight excluding hydrogens is 124 g/mol. The zero-order chi connectivity index (χ0) is 8.36. The average molecular weight is 144 g/mol. The molecule has 0 unspecified atom stereocenters. The lowest BCUT2D eigenvalue weighted by Crippen LogP contribution is -2.55. The van der Waals surface area contributed by atoms with Crippen LogP contribution in [0.15, 0.2) is 0 Å². The molecule has 4 N–H and O–H groups in total. The molecule has 0 aromatic carbocycles. The molecular formula is C8H20N2. The van der Waals surface area contributed by atoms with E-state index in [1.807, 2.05) is 0 Å². The molecule has 0 amide bonds. The SMILES string of the molecule is CC(C)C(N)(CN)C(C)C. The van der Waals surface area contributed by atoms with Crippen molar-refractivity contribution in [3.63, 3.8) is 0 Å². The molecule has 10 heavy (non-hydrogen) atoms. The predicted octanol–water partition coefficient (Wildman–Crippen LogP) is 0.955. The van der Waals surface area contributed by atoms with Crippen molar-refractivity contribution in [2.24, 2.45) is 23.3 Å². The van der Waals surface area contributed by atoms with Crippen LogP contribution in [-0.4, -0.2) is 12.1 Å². The molecule has 0 aliphatic rings. The van der Waals surface area contributed by atoms with E-state index in [1.165, 1.54) is 0 Å². The Kier molecular flexibility index (Phi) is 3.33. The van der Waals surface area contributed by atoms with Gasteiger partial charge in [-0.05, 0) is 11.8 Å². The summed E-state index contributed by atoms with van der Waals surface area (Å²) in [6, 6.07) is 0. The van der Waals surface area contributed by atoms with E-state index in [1.54, 1.807) is 0 Å². The fourth-order valence-electron chi connectivity index (χ4n) is 1.14. The van der Waals surface area contributed by atoms with Gasteiger partial charge in [0, 0.05) is 12.1 Å². The fraction of sp³-hybridized carbons (Fsp3) is 1.00. The van der Waals surface area contributed by atoms with Crippen LogP contribution >= 0.6 is 0 Å². The quantitative estimate of drug-likeness (QED) is 0.619. The molecule has 0 bridgehead atoms. The highest BCUT2D eigenvalue weighted by Crippen LogP contribution is 2.21. The monoisotopic (exact) mass is 144 g/mol. The third-order valence-corrected chi connectivity index (χ3v) is 2.50. The summed E-state index contributed by atoms with van der Waals surface area (Å²) < 4.78 is 0. The molecule has 0 aromatic rings. The topological polar surface area (TPSA) is 52.0 Å². The van der Waals surface area contributed by atoms with Gasteiger partial charge in [-0.25, -0.2) is 0 Å². The zero-order valence-corrected chi connectivity index (χ0v) is 7.52. The van der Waals surface area contributed by atoms with Crippen molar-refractivity contribution in [3.8, 4) is 0 Å². The maximum absolute atomic E-state index is 6.06. The van der Waals surface area contributed by atoms with Gasteiger partial charge in [-0.2, -0.15) is 0 Å². The van der Waals surface area contributed by atoms with Crippen molar-refractivity contribution in [3.05, 3.63) is 0 Å². The highest BCUT2D eigenvalue weighted by Gasteiger charge is 2.30. The highest BCUT2D eigenvalue weighted by molar-refractivity contribution is 4.90. The van der Waals surface area contributed by atoms with E-state index in [-0.39, 0.29) is 5.54 Å². The minimum absolute atomic E-state index is 0.181. The Morgan fingerprint density at radius 1 is 1.10 bits per heavy atom. The zero-order valence-electron chi connectivity index (χ0n) is 7.52. The van der Waals surface area contributed by atoms with E-state index >= 15 is 0 Å². The molecule has 0 atom stereocenters. The molecule has 0 radical (unpaired) electrons. The van der Waals surface area contributed by atoms with Crippen molar-refractivity contribution in [2.45, 2.75) is 33.2 Å². The van der Waals surface area contributed by atoms with E-state index in [0.29, 0.717) is 18.4 Å². The summed E-state index contributed by atoms with van der Waals surface area (Å²) in [5.74, 6) is 0.912. The van der Waals surface area contributed by atoms with Gasteiger partial charge in [-0.15, -0.1) is 0 Å². The molecule has 0 aliphatic carbocycles. The van der Waals surface area contributed by atoms with Crippen LogP contribution in [0.4, 0.5) is 0 Å². The van der Waals surface area contributed by atoms with Gasteiger partial charge in [0.05, 0.1) is 0 Å². The lowest BCUT2D eigenvalue weighted by molar-refractivity contribution is 0.233. The van der Waals surface area contributed by atoms with Gasteiger partial charge in [0.15, 0.2) is 0 Å². The fourth-order valence-corrected chi connectivity index (χ4v) is 1.14. The number of hydrogen-bond acceptors (Lipinski definition) is 2. The first kappa shape index (κ1) is 9.92. The van der Waals surface area contributed by atoms with Crippen LogP contribution in [0.25, 0.3) is 0 Å². The maximum atomic E-state index is 6.06. The molecule has 0 saturated carbocycles. The van der Waals surface area contributed by atoms with Crippen LogP contribution in [0.1, 0.15) is 27.7 Å². The van der Waals surface area contributed by atoms with Crippen LogP contribution in [0.2, 0.25) is 0 Å². The van der Waals surface area contributed by atoms with Gasteiger partial charge in [0.2, 0.25) is 0 Å². The van der Waals surface area contributed by atoms with Gasteiger partial charge in [-0.3, -0.25) is 0 Å². The second-order valence-electron chi connectivity index (χ2n) is 3.63. The van der Waals surface area contributed by atoms with Crippen LogP contribution in [0.5, 0.6) is 0 Å². The summed E-state index contributed by atoms with van der Waals surface area (Å²) in [5, 5.41) is 0. The van der Waals surface area contributed by atoms with Crippen LogP contribution < -0.4 is 11.5 Å². The smallest absolute Gasteiger partial charge is 0.0325 e. The van der Waals surface area contributed by atoms with Crippen molar-refractivity contribution in [1.82, 2.24) is 0 Å². The van der Waals surface area contributed by atoms with E-state index in [9.17, 15) is 0 Å². The van der Waals surface area contributed by atoms with Crippen molar-refractivity contribution < 1.29 is 0 Å². The molecule has 0 heterocycles. The van der Waals surface area contributed by atoms with Crippen molar-refractivity contribution >= 4 is 0 Å². The first-order valence-corrected chi connectivity index (χ1v) is 3.94. The minimum atomic E-state index is -0.181. The molecule has 62 valence electrons. The van der Waals surface area contributed by atoms with Crippen LogP contribution in [0.3, 0.4) is 0 Å². The summed E-state index contributed by atoms with van der Waals surface area (Å²) in [4.78, 5) is 0. The largest absolute Gasteiger partial charge is 0.329 e. The summed E-state index contributed by atoms with van der Waals surface area (Å²) in [7, 11) is 0. The molecule has 2 heteroatoms. The Balaban J connectivity index is 4.23. The normalized spacial score (nSPS) is 13.2. The van der Waals surface area contributed by atoms with E-state index in [4.69, 9.17) is 11.5 Å². The summed E-state index contributed by atoms with van der Waals surface area (Å²) in [6.45, 7) is 9.04. The predicted molar refractivity (Wildman–Crippen MR) is 45.6 cm³/mol. The molecule has 0 aliphatic heterocycles. The maximum Gasteiger partial charge on any atom is 0.0325 e. The van der Waals surface area contributed by atoms with Crippen molar-refractivity contribution in [1.29, 1.82) is 0 Å². The van der Waals surface area contributed by atoms with Gasteiger partial charge in [-0.1, -0.05) is 27.7 Å². The lowest BCUT2D eigenvalue weighted by Gasteiger charge is -2.36. The highest BCUT2D eigenvalue weighted by atomic mass is 14.8. The van der Waals surface area contributed by atoms with Crippen LogP contribution in [-0.2, 0) is 0 Å². The molecule has 0 saturated heterocycles. The third kappa shape index (κ3) is 1.70. The van der Waals surface area contributed by atoms with E-state index in [2.05, 4.69) is 27.7 Å². The molecule has 2 nitrogen and oxygen atoms in total. The lowest BCUT2D eigenvalue weighted by atomic mass is 9.78. The minimum Gasteiger partial charge on any atom is -0.329 e. The standard InChI is InChI=1S/C8H20N2/c1-6(2)8(10,5-9)7(3)4/h6-7H,5,9-10H2,1-4H3. The Hall–Kier alpha value is -0.0800. The number of nitrogens with two attached hydrogens (primary N) is 2. The number of rotatable bonds is 3. The molecule has 0 spiro atoms. The molecule has 0 fully saturated rings. The van der Waals surface area contributed by atoms with Crippen LogP contribution in [0, 0.1) is 11.8 Å². The Bertz CT molecular complexity index is 89.4. The second kappa shape index (κ2) is 3.35. The summed E-state index contributed by atoms with van der Waals surface area (Å²) >= 11 is 0. The van der Waals surface area contributed by atoms with E-state index < -0.39 is 0 Å². The second-order valence-corrected chi connectivity index (χ2v) is 3.63.